The molecule has 0 amide bonds. The minimum atomic E-state index is -4.96. The Balaban J connectivity index is 3.09. The molecule has 2 N–H and O–H groups in total. The fourth-order valence-corrected chi connectivity index (χ4v) is 1.20. The van der Waals surface area contributed by atoms with Crippen LogP contribution in [0.3, 0.4) is 0 Å². The molecule has 0 fully saturated rings. The second-order valence-corrected chi connectivity index (χ2v) is 3.46. The van der Waals surface area contributed by atoms with E-state index in [2.05, 4.69) is 15.9 Å². The van der Waals surface area contributed by atoms with Crippen molar-refractivity contribution in [1.82, 2.24) is 0 Å². The zero-order valence-electron chi connectivity index (χ0n) is 8.56. The van der Waals surface area contributed by atoms with Crippen LogP contribution in [0.1, 0.15) is 5.56 Å². The quantitative estimate of drug-likeness (QED) is 0.481. The van der Waals surface area contributed by atoms with E-state index >= 15 is 0 Å². The van der Waals surface area contributed by atoms with Crippen molar-refractivity contribution in [3.05, 3.63) is 23.5 Å². The van der Waals surface area contributed by atoms with Crippen molar-refractivity contribution in [2.75, 3.05) is 12.0 Å². The van der Waals surface area contributed by atoms with E-state index in [1.54, 1.807) is 6.26 Å². The number of anilines is 1. The van der Waals surface area contributed by atoms with Crippen molar-refractivity contribution in [1.29, 1.82) is 0 Å². The van der Waals surface area contributed by atoms with E-state index in [1.807, 2.05) is 0 Å². The summed E-state index contributed by atoms with van der Waals surface area (Å²) in [5.41, 5.74) is 5.46. The first-order valence-electron chi connectivity index (χ1n) is 4.22. The minimum absolute atomic E-state index is 0.0767. The number of halogens is 4. The van der Waals surface area contributed by atoms with Crippen molar-refractivity contribution in [2.24, 2.45) is 0 Å². The molecule has 0 aliphatic rings. The average molecular weight is 265 g/mol. The van der Waals surface area contributed by atoms with Crippen LogP contribution in [-0.4, -0.2) is 12.6 Å². The van der Waals surface area contributed by atoms with Gasteiger partial charge in [0.2, 0.25) is 0 Å². The number of rotatable bonds is 1. The van der Waals surface area contributed by atoms with Gasteiger partial charge in [-0.05, 0) is 17.6 Å². The Morgan fingerprint density at radius 1 is 1.35 bits per heavy atom. The molecule has 1 aromatic carbocycles. The van der Waals surface area contributed by atoms with E-state index in [4.69, 9.17) is 5.73 Å². The Hall–Kier alpha value is -1.55. The molecular weight excluding hydrogens is 258 g/mol. The number of hydrogen-bond donors (Lipinski definition) is 1. The molecule has 0 bridgehead atoms. The molecule has 0 aliphatic heterocycles. The molecule has 0 heterocycles. The Bertz CT molecular complexity index is 476. The van der Waals surface area contributed by atoms with Crippen LogP contribution in [0, 0.1) is 17.0 Å². The Labute approximate surface area is 99.1 Å². The molecule has 7 heteroatoms. The fourth-order valence-electron chi connectivity index (χ4n) is 0.986. The van der Waals surface area contributed by atoms with Gasteiger partial charge < -0.3 is 10.5 Å². The summed E-state index contributed by atoms with van der Waals surface area (Å²) in [6.45, 7) is 0. The highest BCUT2D eigenvalue weighted by Gasteiger charge is 2.32. The fraction of sp³-hybridized carbons (Fsp3) is 0.200. The van der Waals surface area contributed by atoms with Crippen LogP contribution < -0.4 is 10.5 Å². The normalized spacial score (nSPS) is 10.6. The third-order valence-corrected chi connectivity index (χ3v) is 1.92. The first kappa shape index (κ1) is 13.5. The molecule has 0 spiro atoms. The molecule has 0 unspecified atom stereocenters. The number of ether oxygens (including phenoxy) is 1. The molecule has 17 heavy (non-hydrogen) atoms. The molecule has 1 rings (SSSR count). The highest BCUT2D eigenvalue weighted by Crippen LogP contribution is 2.29. The lowest BCUT2D eigenvalue weighted by Gasteiger charge is -2.10. The predicted molar refractivity (Wildman–Crippen MR) is 57.9 cm³/mol. The van der Waals surface area contributed by atoms with Gasteiger partial charge in [0.1, 0.15) is 0 Å². The van der Waals surface area contributed by atoms with E-state index in [1.165, 1.54) is 11.8 Å². The summed E-state index contributed by atoms with van der Waals surface area (Å²) in [6, 6.07) is 1.56. The van der Waals surface area contributed by atoms with Gasteiger partial charge in [-0.2, -0.15) is 0 Å². The summed E-state index contributed by atoms with van der Waals surface area (Å²) in [4.78, 5) is 0. The van der Waals surface area contributed by atoms with Crippen molar-refractivity contribution in [2.45, 2.75) is 6.36 Å². The lowest BCUT2D eigenvalue weighted by molar-refractivity contribution is -0.275. The number of thioether (sulfide) groups is 1. The number of nitrogens with two attached hydrogens (primary N) is 1. The molecule has 0 radical (unpaired) electrons. The van der Waals surface area contributed by atoms with Gasteiger partial charge in [-0.1, -0.05) is 17.7 Å². The molecule has 0 aromatic heterocycles. The van der Waals surface area contributed by atoms with Gasteiger partial charge in [0.05, 0.1) is 11.3 Å². The summed E-state index contributed by atoms with van der Waals surface area (Å²) >= 11 is 1.17. The van der Waals surface area contributed by atoms with Crippen molar-refractivity contribution < 1.29 is 22.3 Å². The highest BCUT2D eigenvalue weighted by molar-refractivity contribution is 8.03. The molecule has 0 saturated carbocycles. The Morgan fingerprint density at radius 3 is 2.53 bits per heavy atom. The van der Waals surface area contributed by atoms with Crippen LogP contribution >= 0.6 is 11.8 Å². The molecule has 1 aromatic rings. The number of benzene rings is 1. The highest BCUT2D eigenvalue weighted by atomic mass is 32.2. The van der Waals surface area contributed by atoms with Gasteiger partial charge in [-0.15, -0.1) is 13.2 Å². The monoisotopic (exact) mass is 265 g/mol. The SMILES string of the molecule is CSC#Cc1cc(F)c(OC(F)(F)F)cc1N. The van der Waals surface area contributed by atoms with Gasteiger partial charge in [-0.3, -0.25) is 0 Å². The first-order valence-corrected chi connectivity index (χ1v) is 5.44. The molecule has 2 nitrogen and oxygen atoms in total. The Morgan fingerprint density at radius 2 is 2.00 bits per heavy atom. The third-order valence-electron chi connectivity index (χ3n) is 1.62. The van der Waals surface area contributed by atoms with Gasteiger partial charge in [0, 0.05) is 6.07 Å². The second kappa shape index (κ2) is 5.19. The maximum absolute atomic E-state index is 13.2. The average Bonchev–Trinajstić information content (AvgIpc) is 2.19. The summed E-state index contributed by atoms with van der Waals surface area (Å²) in [6.07, 6.45) is -3.26. The van der Waals surface area contributed by atoms with E-state index in [0.29, 0.717) is 0 Å². The summed E-state index contributed by atoms with van der Waals surface area (Å²) in [7, 11) is 0. The first-order chi connectivity index (χ1) is 7.83. The number of alkyl halides is 3. The zero-order valence-corrected chi connectivity index (χ0v) is 9.38. The summed E-state index contributed by atoms with van der Waals surface area (Å²) in [5.74, 6) is 0.372. The van der Waals surface area contributed by atoms with Crippen LogP contribution in [0.15, 0.2) is 12.1 Å². The maximum atomic E-state index is 13.2. The van der Waals surface area contributed by atoms with Gasteiger partial charge >= 0.3 is 6.36 Å². The molecule has 92 valence electrons. The van der Waals surface area contributed by atoms with E-state index in [0.717, 1.165) is 12.1 Å². The van der Waals surface area contributed by atoms with Crippen LogP contribution in [0.25, 0.3) is 0 Å². The lowest BCUT2D eigenvalue weighted by atomic mass is 10.2. The predicted octanol–water partition coefficient (Wildman–Crippen LogP) is 2.98. The van der Waals surface area contributed by atoms with Crippen LogP contribution in [0.2, 0.25) is 0 Å². The Kier molecular flexibility index (Phi) is 4.12. The third kappa shape index (κ3) is 4.07. The van der Waals surface area contributed by atoms with E-state index < -0.39 is 17.9 Å². The summed E-state index contributed by atoms with van der Waals surface area (Å²) < 4.78 is 52.4. The standard InChI is InChI=1S/C10H7F4NOS/c1-17-3-2-6-4-7(11)9(5-8(6)15)16-10(12,13)14/h4-5H,15H2,1H3. The molecular formula is C10H7F4NOS. The van der Waals surface area contributed by atoms with Gasteiger partial charge in [0.25, 0.3) is 0 Å². The van der Waals surface area contributed by atoms with Crippen LogP contribution in [0.5, 0.6) is 5.75 Å². The largest absolute Gasteiger partial charge is 0.573 e. The number of hydrogen-bond acceptors (Lipinski definition) is 3. The van der Waals surface area contributed by atoms with Crippen molar-refractivity contribution >= 4 is 17.4 Å². The van der Waals surface area contributed by atoms with E-state index in [9.17, 15) is 17.6 Å². The van der Waals surface area contributed by atoms with Crippen molar-refractivity contribution in [3.63, 3.8) is 0 Å². The lowest BCUT2D eigenvalue weighted by Crippen LogP contribution is -2.18. The topological polar surface area (TPSA) is 35.2 Å². The number of nitrogen functional groups attached to an aromatic ring is 1. The molecule has 0 atom stereocenters. The van der Waals surface area contributed by atoms with Crippen molar-refractivity contribution in [3.8, 4) is 16.9 Å². The minimum Gasteiger partial charge on any atom is -0.403 e. The zero-order chi connectivity index (χ0) is 13.1. The second-order valence-electron chi connectivity index (χ2n) is 2.85. The van der Waals surface area contributed by atoms with E-state index in [-0.39, 0.29) is 11.3 Å². The van der Waals surface area contributed by atoms with Crippen LogP contribution in [0.4, 0.5) is 23.2 Å². The maximum Gasteiger partial charge on any atom is 0.573 e. The smallest absolute Gasteiger partial charge is 0.403 e. The van der Waals surface area contributed by atoms with Gasteiger partial charge in [-0.25, -0.2) is 4.39 Å². The molecule has 0 aliphatic carbocycles. The summed E-state index contributed by atoms with van der Waals surface area (Å²) in [5, 5.41) is 2.56. The molecule has 0 saturated heterocycles. The van der Waals surface area contributed by atoms with Gasteiger partial charge in [0.15, 0.2) is 11.6 Å². The van der Waals surface area contributed by atoms with Crippen LogP contribution in [-0.2, 0) is 0 Å².